The van der Waals surface area contributed by atoms with Gasteiger partial charge in [0.1, 0.15) is 11.3 Å². The molecule has 146 valence electrons. The van der Waals surface area contributed by atoms with Gasteiger partial charge in [0, 0.05) is 27.6 Å². The first-order valence-electron chi connectivity index (χ1n) is 10.5. The quantitative estimate of drug-likeness (QED) is 0.292. The number of benzene rings is 4. The molecule has 1 aliphatic heterocycles. The molecule has 1 aliphatic carbocycles. The molecule has 4 aromatic rings. The lowest BCUT2D eigenvalue weighted by atomic mass is 9.93. The van der Waals surface area contributed by atoms with Gasteiger partial charge in [-0.05, 0) is 28.8 Å². The standard InChI is InChI=1S/C30H20O/c1-4-12-21(13-5-1)27-25-20-24-18-10-11-19-26(24)31-30(25)29(23-16-8-3-9-17-23)28(27)22-14-6-2-7-15-22/h1-20H. The van der Waals surface area contributed by atoms with E-state index in [4.69, 9.17) is 4.42 Å². The number of fused-ring (bicyclic) bond motifs is 2. The largest absolute Gasteiger partial charge is 0.455 e. The van der Waals surface area contributed by atoms with Crippen LogP contribution in [0.3, 0.4) is 0 Å². The van der Waals surface area contributed by atoms with Crippen LogP contribution < -0.4 is 0 Å². The molecule has 0 bridgehead atoms. The summed E-state index contributed by atoms with van der Waals surface area (Å²) in [7, 11) is 0. The van der Waals surface area contributed by atoms with E-state index < -0.39 is 0 Å². The Morgan fingerprint density at radius 2 is 0.903 bits per heavy atom. The fourth-order valence-corrected chi connectivity index (χ4v) is 4.50. The minimum absolute atomic E-state index is 0.899. The molecule has 4 aromatic carbocycles. The summed E-state index contributed by atoms with van der Waals surface area (Å²) in [6.07, 6.45) is 0. The van der Waals surface area contributed by atoms with Crippen molar-refractivity contribution in [3.8, 4) is 44.7 Å². The van der Waals surface area contributed by atoms with Gasteiger partial charge in [-0.3, -0.25) is 0 Å². The van der Waals surface area contributed by atoms with Crippen molar-refractivity contribution in [1.82, 2.24) is 0 Å². The average molecular weight is 396 g/mol. The van der Waals surface area contributed by atoms with Crippen molar-refractivity contribution in [3.05, 3.63) is 121 Å². The smallest absolute Gasteiger partial charge is 0.143 e. The number of para-hydroxylation sites is 1. The fraction of sp³-hybridized carbons (Fsp3) is 0. The molecule has 0 saturated carbocycles. The molecular formula is C30H20O. The summed E-state index contributed by atoms with van der Waals surface area (Å²) in [5.74, 6) is 0.933. The van der Waals surface area contributed by atoms with Crippen LogP contribution in [0.5, 0.6) is 0 Å². The van der Waals surface area contributed by atoms with Gasteiger partial charge in [-0.2, -0.15) is 0 Å². The van der Waals surface area contributed by atoms with E-state index in [-0.39, 0.29) is 0 Å². The molecule has 2 aliphatic rings. The molecule has 1 heterocycles. The molecule has 0 radical (unpaired) electrons. The zero-order valence-electron chi connectivity index (χ0n) is 17.0. The Morgan fingerprint density at radius 3 is 1.52 bits per heavy atom. The van der Waals surface area contributed by atoms with Gasteiger partial charge in [-0.25, -0.2) is 0 Å². The predicted molar refractivity (Wildman–Crippen MR) is 129 cm³/mol. The second kappa shape index (κ2) is 7.30. The Labute approximate surface area is 181 Å². The van der Waals surface area contributed by atoms with Crippen molar-refractivity contribution in [2.24, 2.45) is 0 Å². The van der Waals surface area contributed by atoms with Crippen molar-refractivity contribution >= 4 is 11.0 Å². The third-order valence-electron chi connectivity index (χ3n) is 5.86. The summed E-state index contributed by atoms with van der Waals surface area (Å²) in [6, 6.07) is 42.4. The van der Waals surface area contributed by atoms with E-state index in [2.05, 4.69) is 109 Å². The molecule has 1 nitrogen and oxygen atoms in total. The summed E-state index contributed by atoms with van der Waals surface area (Å²) in [4.78, 5) is 0. The van der Waals surface area contributed by atoms with Crippen LogP contribution in [0.1, 0.15) is 0 Å². The number of hydrogen-bond donors (Lipinski definition) is 0. The van der Waals surface area contributed by atoms with E-state index in [1.807, 2.05) is 12.1 Å². The molecule has 0 atom stereocenters. The van der Waals surface area contributed by atoms with Crippen LogP contribution in [-0.4, -0.2) is 0 Å². The van der Waals surface area contributed by atoms with E-state index >= 15 is 0 Å². The van der Waals surface area contributed by atoms with Gasteiger partial charge in [0.05, 0.1) is 0 Å². The predicted octanol–water partition coefficient (Wildman–Crippen LogP) is 8.54. The maximum Gasteiger partial charge on any atom is 0.143 e. The molecule has 0 unspecified atom stereocenters. The molecule has 0 spiro atoms. The maximum atomic E-state index is 6.60. The first-order chi connectivity index (χ1) is 15.4. The van der Waals surface area contributed by atoms with Gasteiger partial charge < -0.3 is 4.42 Å². The summed E-state index contributed by atoms with van der Waals surface area (Å²) >= 11 is 0. The third-order valence-corrected chi connectivity index (χ3v) is 5.86. The SMILES string of the molecule is c1ccc(-c2c3cc4ccccc4oc-3c(-c3ccccc3)c2-c2ccccc2)cc1. The highest BCUT2D eigenvalue weighted by molar-refractivity contribution is 6.10. The molecule has 6 rings (SSSR count). The molecular weight excluding hydrogens is 376 g/mol. The Kier molecular flexibility index (Phi) is 4.18. The van der Waals surface area contributed by atoms with Gasteiger partial charge in [0.25, 0.3) is 0 Å². The van der Waals surface area contributed by atoms with E-state index in [9.17, 15) is 0 Å². The van der Waals surface area contributed by atoms with Crippen molar-refractivity contribution in [2.75, 3.05) is 0 Å². The number of hydrogen-bond acceptors (Lipinski definition) is 1. The zero-order chi connectivity index (χ0) is 20.6. The molecule has 0 saturated heterocycles. The summed E-state index contributed by atoms with van der Waals surface area (Å²) in [6.45, 7) is 0. The Morgan fingerprint density at radius 1 is 0.419 bits per heavy atom. The minimum atomic E-state index is 0.899. The lowest BCUT2D eigenvalue weighted by molar-refractivity contribution is 0.623. The topological polar surface area (TPSA) is 13.1 Å². The Hall–Kier alpha value is -4.10. The molecule has 31 heavy (non-hydrogen) atoms. The van der Waals surface area contributed by atoms with Crippen LogP contribution >= 0.6 is 0 Å². The lowest BCUT2D eigenvalue weighted by Gasteiger charge is -2.09. The Bertz CT molecular complexity index is 1350. The second-order valence-corrected chi connectivity index (χ2v) is 7.75. The normalized spacial score (nSPS) is 11.2. The minimum Gasteiger partial charge on any atom is -0.455 e. The molecule has 1 heteroatoms. The second-order valence-electron chi connectivity index (χ2n) is 7.75. The summed E-state index contributed by atoms with van der Waals surface area (Å²) < 4.78 is 6.60. The van der Waals surface area contributed by atoms with Crippen molar-refractivity contribution in [3.63, 3.8) is 0 Å². The summed E-state index contributed by atoms with van der Waals surface area (Å²) in [5.41, 5.74) is 9.16. The summed E-state index contributed by atoms with van der Waals surface area (Å²) in [5, 5.41) is 1.11. The molecule has 0 fully saturated rings. The van der Waals surface area contributed by atoms with Crippen LogP contribution in [0.4, 0.5) is 0 Å². The van der Waals surface area contributed by atoms with Gasteiger partial charge >= 0.3 is 0 Å². The van der Waals surface area contributed by atoms with Gasteiger partial charge in [-0.1, -0.05) is 109 Å². The first kappa shape index (κ1) is 17.7. The van der Waals surface area contributed by atoms with Crippen LogP contribution in [0.2, 0.25) is 0 Å². The van der Waals surface area contributed by atoms with E-state index in [1.165, 1.54) is 22.3 Å². The maximum absolute atomic E-state index is 6.60. The van der Waals surface area contributed by atoms with Crippen LogP contribution in [0.25, 0.3) is 55.7 Å². The van der Waals surface area contributed by atoms with Crippen molar-refractivity contribution in [1.29, 1.82) is 0 Å². The van der Waals surface area contributed by atoms with Crippen LogP contribution in [0.15, 0.2) is 126 Å². The highest BCUT2D eigenvalue weighted by Crippen LogP contribution is 2.53. The van der Waals surface area contributed by atoms with Gasteiger partial charge in [0.2, 0.25) is 0 Å². The zero-order valence-corrected chi connectivity index (χ0v) is 17.0. The Balaban J connectivity index is 1.83. The molecule has 0 N–H and O–H groups in total. The molecule has 0 amide bonds. The van der Waals surface area contributed by atoms with E-state index in [0.29, 0.717) is 0 Å². The van der Waals surface area contributed by atoms with E-state index in [0.717, 1.165) is 33.4 Å². The monoisotopic (exact) mass is 396 g/mol. The van der Waals surface area contributed by atoms with Crippen molar-refractivity contribution in [2.45, 2.75) is 0 Å². The highest BCUT2D eigenvalue weighted by atomic mass is 16.3. The van der Waals surface area contributed by atoms with Crippen LogP contribution in [0, 0.1) is 0 Å². The lowest BCUT2D eigenvalue weighted by Crippen LogP contribution is -1.83. The fourth-order valence-electron chi connectivity index (χ4n) is 4.50. The van der Waals surface area contributed by atoms with Crippen molar-refractivity contribution < 1.29 is 4.42 Å². The third kappa shape index (κ3) is 2.94. The van der Waals surface area contributed by atoms with Crippen LogP contribution in [-0.2, 0) is 0 Å². The average Bonchev–Trinajstić information content (AvgIpc) is 3.18. The van der Waals surface area contributed by atoms with Gasteiger partial charge in [-0.15, -0.1) is 0 Å². The van der Waals surface area contributed by atoms with E-state index in [1.54, 1.807) is 0 Å². The van der Waals surface area contributed by atoms with Gasteiger partial charge in [0.15, 0.2) is 0 Å². The first-order valence-corrected chi connectivity index (χ1v) is 10.5. The highest BCUT2D eigenvalue weighted by Gasteiger charge is 2.28. The molecule has 0 aromatic heterocycles. The number of rotatable bonds is 3.